The Labute approximate surface area is 99.9 Å². The summed E-state index contributed by atoms with van der Waals surface area (Å²) in [6.07, 6.45) is 2.14. The van der Waals surface area contributed by atoms with Crippen molar-refractivity contribution in [2.75, 3.05) is 6.26 Å². The second kappa shape index (κ2) is 3.79. The topological polar surface area (TPSA) is 0 Å². The monoisotopic (exact) mass is 320 g/mol. The molecule has 0 amide bonds. The number of benzene rings is 1. The van der Waals surface area contributed by atoms with Gasteiger partial charge in [0.1, 0.15) is 0 Å². The van der Waals surface area contributed by atoms with Crippen molar-refractivity contribution in [2.24, 2.45) is 0 Å². The number of hydrogen-bond acceptors (Lipinski definition) is 2. The van der Waals surface area contributed by atoms with E-state index < -0.39 is 0 Å². The Hall–Kier alpha value is 0.260. The summed E-state index contributed by atoms with van der Waals surface area (Å²) in [6.45, 7) is 2.19. The number of thioether (sulfide) groups is 1. The molecule has 3 heteroatoms. The first-order valence-corrected chi connectivity index (χ1v) is 7.07. The van der Waals surface area contributed by atoms with Gasteiger partial charge in [-0.25, -0.2) is 0 Å². The minimum Gasteiger partial charge on any atom is -0.138 e. The van der Waals surface area contributed by atoms with Crippen molar-refractivity contribution in [1.82, 2.24) is 0 Å². The fourth-order valence-corrected chi connectivity index (χ4v) is 4.14. The van der Waals surface area contributed by atoms with Crippen molar-refractivity contribution in [2.45, 2.75) is 11.8 Å². The van der Waals surface area contributed by atoms with Crippen LogP contribution in [-0.4, -0.2) is 6.26 Å². The lowest BCUT2D eigenvalue weighted by molar-refractivity contribution is 1.57. The molecular formula is C10H9IS2. The first-order chi connectivity index (χ1) is 6.24. The Morgan fingerprint density at radius 1 is 1.38 bits per heavy atom. The zero-order chi connectivity index (χ0) is 9.42. The lowest BCUT2D eigenvalue weighted by Gasteiger charge is -1.96. The molecule has 0 saturated carbocycles. The highest BCUT2D eigenvalue weighted by Crippen LogP contribution is 2.37. The number of fused-ring (bicyclic) bond motifs is 1. The molecule has 0 atom stereocenters. The highest BCUT2D eigenvalue weighted by atomic mass is 127. The number of halogens is 1. The molecule has 1 aromatic heterocycles. The van der Waals surface area contributed by atoms with Crippen LogP contribution in [0.2, 0.25) is 0 Å². The zero-order valence-electron chi connectivity index (χ0n) is 7.43. The first kappa shape index (κ1) is 9.80. The summed E-state index contributed by atoms with van der Waals surface area (Å²) in [7, 11) is 0. The summed E-state index contributed by atoms with van der Waals surface area (Å²) in [4.78, 5) is 2.82. The van der Waals surface area contributed by atoms with Crippen LogP contribution < -0.4 is 0 Å². The predicted molar refractivity (Wildman–Crippen MR) is 71.1 cm³/mol. The van der Waals surface area contributed by atoms with Crippen LogP contribution >= 0.6 is 45.7 Å². The van der Waals surface area contributed by atoms with Gasteiger partial charge in [0.15, 0.2) is 0 Å². The highest BCUT2D eigenvalue weighted by molar-refractivity contribution is 14.1. The maximum absolute atomic E-state index is 2.43. The summed E-state index contributed by atoms with van der Waals surface area (Å²) in [5, 5.41) is 1.41. The van der Waals surface area contributed by atoms with E-state index in [0.29, 0.717) is 0 Å². The van der Waals surface area contributed by atoms with Crippen LogP contribution in [0.25, 0.3) is 10.1 Å². The third kappa shape index (κ3) is 1.62. The van der Waals surface area contributed by atoms with Gasteiger partial charge in [0.2, 0.25) is 0 Å². The van der Waals surface area contributed by atoms with E-state index >= 15 is 0 Å². The molecule has 0 aliphatic carbocycles. The van der Waals surface area contributed by atoms with Crippen LogP contribution in [0.5, 0.6) is 0 Å². The largest absolute Gasteiger partial charge is 0.138 e. The Balaban J connectivity index is 2.84. The molecule has 0 bridgehead atoms. The van der Waals surface area contributed by atoms with E-state index in [4.69, 9.17) is 0 Å². The number of thiophene rings is 1. The van der Waals surface area contributed by atoms with Crippen LogP contribution in [0.1, 0.15) is 4.88 Å². The fraction of sp³-hybridized carbons (Fsp3) is 0.200. The second-order valence-electron chi connectivity index (χ2n) is 2.81. The molecule has 2 rings (SSSR count). The second-order valence-corrected chi connectivity index (χ2v) is 5.96. The molecule has 0 aliphatic heterocycles. The van der Waals surface area contributed by atoms with Gasteiger partial charge >= 0.3 is 0 Å². The first-order valence-electron chi connectivity index (χ1n) is 3.95. The van der Waals surface area contributed by atoms with Crippen LogP contribution in [0, 0.1) is 10.5 Å². The van der Waals surface area contributed by atoms with Gasteiger partial charge in [0, 0.05) is 23.4 Å². The predicted octanol–water partition coefficient (Wildman–Crippen LogP) is 4.54. The smallest absolute Gasteiger partial charge is 0.0492 e. The maximum atomic E-state index is 2.43. The van der Waals surface area contributed by atoms with E-state index in [2.05, 4.69) is 54.0 Å². The summed E-state index contributed by atoms with van der Waals surface area (Å²) >= 11 is 6.16. The minimum atomic E-state index is 1.40. The van der Waals surface area contributed by atoms with Crippen molar-refractivity contribution in [3.63, 3.8) is 0 Å². The highest BCUT2D eigenvalue weighted by Gasteiger charge is 2.08. The van der Waals surface area contributed by atoms with Gasteiger partial charge in [0.05, 0.1) is 0 Å². The number of rotatable bonds is 1. The van der Waals surface area contributed by atoms with E-state index in [1.807, 2.05) is 23.1 Å². The molecule has 2 aromatic rings. The summed E-state index contributed by atoms with van der Waals surface area (Å²) in [5.74, 6) is 0. The lowest BCUT2D eigenvalue weighted by atomic mass is 10.2. The molecule has 0 radical (unpaired) electrons. The van der Waals surface area contributed by atoms with Crippen LogP contribution in [0.3, 0.4) is 0 Å². The van der Waals surface area contributed by atoms with Gasteiger partial charge in [-0.1, -0.05) is 12.1 Å². The summed E-state index contributed by atoms with van der Waals surface area (Å²) < 4.78 is 2.85. The average molecular weight is 320 g/mol. The van der Waals surface area contributed by atoms with E-state index in [1.54, 1.807) is 0 Å². The molecule has 0 nitrogen and oxygen atoms in total. The molecule has 0 saturated heterocycles. The molecule has 0 aliphatic rings. The van der Waals surface area contributed by atoms with E-state index in [-0.39, 0.29) is 0 Å². The zero-order valence-corrected chi connectivity index (χ0v) is 11.2. The quantitative estimate of drug-likeness (QED) is 0.549. The van der Waals surface area contributed by atoms with Gasteiger partial charge in [-0.15, -0.1) is 23.1 Å². The lowest BCUT2D eigenvalue weighted by Crippen LogP contribution is -1.71. The van der Waals surface area contributed by atoms with Crippen LogP contribution in [-0.2, 0) is 0 Å². The average Bonchev–Trinajstić information content (AvgIpc) is 2.43. The molecule has 68 valence electrons. The Morgan fingerprint density at radius 3 is 2.85 bits per heavy atom. The molecule has 0 spiro atoms. The molecule has 1 heterocycles. The van der Waals surface area contributed by atoms with Crippen molar-refractivity contribution in [3.05, 3.63) is 26.6 Å². The van der Waals surface area contributed by atoms with Gasteiger partial charge in [-0.2, -0.15) is 0 Å². The molecule has 0 fully saturated rings. The van der Waals surface area contributed by atoms with Crippen molar-refractivity contribution >= 4 is 55.8 Å². The van der Waals surface area contributed by atoms with E-state index in [1.165, 1.54) is 23.4 Å². The van der Waals surface area contributed by atoms with Gasteiger partial charge in [-0.05, 0) is 41.8 Å². The third-order valence-electron chi connectivity index (χ3n) is 2.00. The molecule has 1 aromatic carbocycles. The minimum absolute atomic E-state index is 1.40. The van der Waals surface area contributed by atoms with Gasteiger partial charge < -0.3 is 0 Å². The third-order valence-corrected chi connectivity index (χ3v) is 5.82. The number of hydrogen-bond donors (Lipinski definition) is 0. The summed E-state index contributed by atoms with van der Waals surface area (Å²) in [5.41, 5.74) is 0. The Morgan fingerprint density at radius 2 is 2.15 bits per heavy atom. The molecule has 13 heavy (non-hydrogen) atoms. The van der Waals surface area contributed by atoms with Gasteiger partial charge in [0.25, 0.3) is 0 Å². The maximum Gasteiger partial charge on any atom is 0.0492 e. The summed E-state index contributed by atoms with van der Waals surface area (Å²) in [6, 6.07) is 6.54. The Bertz CT molecular complexity index is 445. The molecule has 0 N–H and O–H groups in total. The van der Waals surface area contributed by atoms with E-state index in [9.17, 15) is 0 Å². The van der Waals surface area contributed by atoms with Crippen molar-refractivity contribution < 1.29 is 0 Å². The Kier molecular flexibility index (Phi) is 2.86. The standard InChI is InChI=1S/C10H9IS2/c1-6-9(11)7-4-3-5-8(12-2)10(7)13-6/h3-5H,1-2H3. The normalized spacial score (nSPS) is 11.0. The van der Waals surface area contributed by atoms with Crippen LogP contribution in [0.4, 0.5) is 0 Å². The SMILES string of the molecule is CSc1cccc2c(I)c(C)sc12. The number of aryl methyl sites for hydroxylation is 1. The van der Waals surface area contributed by atoms with E-state index in [0.717, 1.165) is 0 Å². The van der Waals surface area contributed by atoms with Crippen LogP contribution in [0.15, 0.2) is 23.1 Å². The van der Waals surface area contributed by atoms with Crippen molar-refractivity contribution in [1.29, 1.82) is 0 Å². The molecular weight excluding hydrogens is 311 g/mol. The van der Waals surface area contributed by atoms with Gasteiger partial charge in [-0.3, -0.25) is 0 Å². The molecule has 0 unspecified atom stereocenters. The fourth-order valence-electron chi connectivity index (χ4n) is 1.34. The van der Waals surface area contributed by atoms with Crippen molar-refractivity contribution in [3.8, 4) is 0 Å².